The van der Waals surface area contributed by atoms with Crippen molar-refractivity contribution in [2.24, 2.45) is 17.6 Å². The maximum Gasteiger partial charge on any atom is 0.0766 e. The highest BCUT2D eigenvalue weighted by atomic mass is 79.9. The Morgan fingerprint density at radius 3 is 2.65 bits per heavy atom. The van der Waals surface area contributed by atoms with Crippen LogP contribution in [0.1, 0.15) is 58.3 Å². The highest BCUT2D eigenvalue weighted by Crippen LogP contribution is 2.38. The molecule has 1 aromatic heterocycles. The largest absolute Gasteiger partial charge is 0.325 e. The minimum atomic E-state index is -0.0764. The summed E-state index contributed by atoms with van der Waals surface area (Å²) < 4.78 is 3.31. The van der Waals surface area contributed by atoms with E-state index in [2.05, 4.69) is 48.3 Å². The first-order valence-corrected chi connectivity index (χ1v) is 8.73. The van der Waals surface area contributed by atoms with Gasteiger partial charge in [0.2, 0.25) is 0 Å². The summed E-state index contributed by atoms with van der Waals surface area (Å²) in [6, 6.07) is 0. The van der Waals surface area contributed by atoms with Crippen LogP contribution in [0.15, 0.2) is 4.47 Å². The molecule has 2 rings (SSSR count). The van der Waals surface area contributed by atoms with Crippen LogP contribution < -0.4 is 5.73 Å². The maximum absolute atomic E-state index is 6.78. The molecule has 1 aliphatic rings. The monoisotopic (exact) mass is 341 g/mol. The summed E-state index contributed by atoms with van der Waals surface area (Å²) in [5.74, 6) is 1.39. The van der Waals surface area contributed by atoms with E-state index in [1.165, 1.54) is 23.0 Å². The molecule has 1 aromatic rings. The molecule has 1 saturated carbocycles. The molecule has 1 fully saturated rings. The summed E-state index contributed by atoms with van der Waals surface area (Å²) in [5, 5.41) is 4.70. The zero-order valence-electron chi connectivity index (χ0n) is 13.2. The number of nitrogens with zero attached hydrogens (tertiary/aromatic N) is 2. The van der Waals surface area contributed by atoms with Crippen LogP contribution >= 0.6 is 15.9 Å². The average molecular weight is 342 g/mol. The van der Waals surface area contributed by atoms with Gasteiger partial charge < -0.3 is 5.73 Å². The molecule has 3 unspecified atom stereocenters. The van der Waals surface area contributed by atoms with Crippen LogP contribution in [0.5, 0.6) is 0 Å². The summed E-state index contributed by atoms with van der Waals surface area (Å²) >= 11 is 3.75. The summed E-state index contributed by atoms with van der Waals surface area (Å²) in [6.07, 6.45) is 5.51. The Kier molecular flexibility index (Phi) is 4.96. The van der Waals surface area contributed by atoms with Gasteiger partial charge >= 0.3 is 0 Å². The van der Waals surface area contributed by atoms with Crippen LogP contribution in [-0.4, -0.2) is 15.3 Å². The second kappa shape index (κ2) is 6.18. The number of nitrogens with two attached hydrogens (primary N) is 1. The first-order chi connectivity index (χ1) is 9.41. The van der Waals surface area contributed by atoms with Gasteiger partial charge in [-0.1, -0.05) is 20.8 Å². The molecule has 0 bridgehead atoms. The SMILES string of the molecule is CCc1nn(CC)c(CC2(N)CCC(C)CC2C)c1Br. The summed E-state index contributed by atoms with van der Waals surface area (Å²) in [5.41, 5.74) is 9.14. The van der Waals surface area contributed by atoms with Crippen molar-refractivity contribution < 1.29 is 0 Å². The minimum Gasteiger partial charge on any atom is -0.325 e. The zero-order valence-corrected chi connectivity index (χ0v) is 14.8. The fraction of sp³-hybridized carbons (Fsp3) is 0.812. The fourth-order valence-electron chi connectivity index (χ4n) is 3.48. The Morgan fingerprint density at radius 1 is 1.40 bits per heavy atom. The molecule has 3 nitrogen and oxygen atoms in total. The molecule has 0 aliphatic heterocycles. The molecule has 0 aromatic carbocycles. The van der Waals surface area contributed by atoms with E-state index in [9.17, 15) is 0 Å². The van der Waals surface area contributed by atoms with Crippen molar-refractivity contribution in [2.75, 3.05) is 0 Å². The quantitative estimate of drug-likeness (QED) is 0.901. The standard InChI is InChI=1S/C16H28BrN3/c1-5-13-15(17)14(20(6-2)19-13)10-16(18)8-7-11(3)9-12(16)4/h11-12H,5-10,18H2,1-4H3. The zero-order chi connectivity index (χ0) is 14.9. The fourth-order valence-corrected chi connectivity index (χ4v) is 4.18. The third-order valence-corrected chi connectivity index (χ3v) is 5.95. The third kappa shape index (κ3) is 2.96. The normalized spacial score (nSPS) is 30.7. The van der Waals surface area contributed by atoms with Crippen molar-refractivity contribution in [2.45, 2.75) is 71.9 Å². The highest BCUT2D eigenvalue weighted by molar-refractivity contribution is 9.10. The molecular formula is C16H28BrN3. The topological polar surface area (TPSA) is 43.8 Å². The smallest absolute Gasteiger partial charge is 0.0766 e. The first-order valence-electron chi connectivity index (χ1n) is 7.94. The molecule has 0 amide bonds. The molecule has 2 N–H and O–H groups in total. The van der Waals surface area contributed by atoms with Crippen molar-refractivity contribution in [3.8, 4) is 0 Å². The molecule has 0 spiro atoms. The molecule has 114 valence electrons. The Balaban J connectivity index is 2.27. The maximum atomic E-state index is 6.78. The van der Waals surface area contributed by atoms with Gasteiger partial charge in [0.05, 0.1) is 15.9 Å². The highest BCUT2D eigenvalue weighted by Gasteiger charge is 2.38. The van der Waals surface area contributed by atoms with E-state index < -0.39 is 0 Å². The van der Waals surface area contributed by atoms with Crippen molar-refractivity contribution in [1.29, 1.82) is 0 Å². The van der Waals surface area contributed by atoms with Crippen LogP contribution in [0.4, 0.5) is 0 Å². The first kappa shape index (κ1) is 16.0. The third-order valence-electron chi connectivity index (χ3n) is 5.03. The second-order valence-corrected chi connectivity index (χ2v) is 7.36. The molecule has 0 radical (unpaired) electrons. The predicted molar refractivity (Wildman–Crippen MR) is 87.8 cm³/mol. The van der Waals surface area contributed by atoms with Crippen molar-refractivity contribution in [3.05, 3.63) is 15.9 Å². The molecule has 1 heterocycles. The Hall–Kier alpha value is -0.350. The second-order valence-electron chi connectivity index (χ2n) is 6.57. The van der Waals surface area contributed by atoms with Crippen molar-refractivity contribution >= 4 is 15.9 Å². The lowest BCUT2D eigenvalue weighted by molar-refractivity contribution is 0.161. The van der Waals surface area contributed by atoms with Gasteiger partial charge in [0, 0.05) is 18.5 Å². The van der Waals surface area contributed by atoms with E-state index in [1.54, 1.807) is 0 Å². The molecular weight excluding hydrogens is 314 g/mol. The van der Waals surface area contributed by atoms with Crippen LogP contribution in [0.2, 0.25) is 0 Å². The summed E-state index contributed by atoms with van der Waals surface area (Å²) in [4.78, 5) is 0. The van der Waals surface area contributed by atoms with Gasteiger partial charge in [-0.3, -0.25) is 4.68 Å². The number of aromatic nitrogens is 2. The van der Waals surface area contributed by atoms with Crippen LogP contribution in [0, 0.1) is 11.8 Å². The summed E-state index contributed by atoms with van der Waals surface area (Å²) in [6.45, 7) is 9.88. The number of halogens is 1. The van der Waals surface area contributed by atoms with E-state index in [4.69, 9.17) is 10.8 Å². The molecule has 20 heavy (non-hydrogen) atoms. The van der Waals surface area contributed by atoms with E-state index in [0.717, 1.165) is 37.4 Å². The lowest BCUT2D eigenvalue weighted by Crippen LogP contribution is -2.51. The van der Waals surface area contributed by atoms with Gasteiger partial charge in [-0.2, -0.15) is 5.10 Å². The van der Waals surface area contributed by atoms with E-state index in [1.807, 2.05) is 0 Å². The predicted octanol–water partition coefficient (Wildman–Crippen LogP) is 3.92. The minimum absolute atomic E-state index is 0.0764. The van der Waals surface area contributed by atoms with Crippen molar-refractivity contribution in [3.63, 3.8) is 0 Å². The van der Waals surface area contributed by atoms with E-state index >= 15 is 0 Å². The lowest BCUT2D eigenvalue weighted by atomic mass is 9.68. The van der Waals surface area contributed by atoms with Crippen molar-refractivity contribution in [1.82, 2.24) is 9.78 Å². The van der Waals surface area contributed by atoms with E-state index in [-0.39, 0.29) is 5.54 Å². The number of rotatable bonds is 4. The van der Waals surface area contributed by atoms with Gasteiger partial charge in [-0.15, -0.1) is 0 Å². The number of hydrogen-bond donors (Lipinski definition) is 1. The van der Waals surface area contributed by atoms with Gasteiger partial charge in [0.25, 0.3) is 0 Å². The number of aryl methyl sites for hydroxylation is 2. The lowest BCUT2D eigenvalue weighted by Gasteiger charge is -2.42. The van der Waals surface area contributed by atoms with Crippen LogP contribution in [-0.2, 0) is 19.4 Å². The van der Waals surface area contributed by atoms with Crippen LogP contribution in [0.25, 0.3) is 0 Å². The van der Waals surface area contributed by atoms with E-state index in [0.29, 0.717) is 5.92 Å². The van der Waals surface area contributed by atoms with Gasteiger partial charge in [0.1, 0.15) is 0 Å². The Bertz CT molecular complexity index is 469. The number of hydrogen-bond acceptors (Lipinski definition) is 2. The van der Waals surface area contributed by atoms with Crippen LogP contribution in [0.3, 0.4) is 0 Å². The Morgan fingerprint density at radius 2 is 2.10 bits per heavy atom. The molecule has 4 heteroatoms. The molecule has 1 aliphatic carbocycles. The summed E-state index contributed by atoms with van der Waals surface area (Å²) in [7, 11) is 0. The molecule has 3 atom stereocenters. The van der Waals surface area contributed by atoms with Gasteiger partial charge in [-0.25, -0.2) is 0 Å². The average Bonchev–Trinajstić information content (AvgIpc) is 2.71. The van der Waals surface area contributed by atoms with Gasteiger partial charge in [0.15, 0.2) is 0 Å². The molecule has 0 saturated heterocycles. The van der Waals surface area contributed by atoms with Gasteiger partial charge in [-0.05, 0) is 60.4 Å². The Labute approximate surface area is 131 Å².